The highest BCUT2D eigenvalue weighted by Gasteiger charge is 2.19. The molecule has 0 saturated carbocycles. The Hall–Kier alpha value is -2.69. The van der Waals surface area contributed by atoms with Crippen molar-refractivity contribution in [3.05, 3.63) is 65.5 Å². The Labute approximate surface area is 141 Å². The number of amides is 2. The highest BCUT2D eigenvalue weighted by molar-refractivity contribution is 5.97. The molecule has 24 heavy (non-hydrogen) atoms. The number of hydrogen-bond acceptors (Lipinski definition) is 3. The zero-order valence-electron chi connectivity index (χ0n) is 13.6. The Bertz CT molecular complexity index is 692. The third-order valence-corrected chi connectivity index (χ3v) is 4.21. The van der Waals surface area contributed by atoms with Gasteiger partial charge in [-0.25, -0.2) is 0 Å². The van der Waals surface area contributed by atoms with Crippen molar-refractivity contribution >= 4 is 11.8 Å². The Morgan fingerprint density at radius 3 is 2.42 bits per heavy atom. The van der Waals surface area contributed by atoms with E-state index < -0.39 is 0 Å². The molecule has 2 heterocycles. The minimum atomic E-state index is -0.126. The summed E-state index contributed by atoms with van der Waals surface area (Å²) < 4.78 is 0. The summed E-state index contributed by atoms with van der Waals surface area (Å²) in [7, 11) is 0. The zero-order valence-corrected chi connectivity index (χ0v) is 13.6. The predicted octanol–water partition coefficient (Wildman–Crippen LogP) is 2.29. The molecule has 0 aliphatic carbocycles. The van der Waals surface area contributed by atoms with Gasteiger partial charge in [0.2, 0.25) is 0 Å². The summed E-state index contributed by atoms with van der Waals surface area (Å²) in [6.45, 7) is 2.21. The van der Waals surface area contributed by atoms with Crippen LogP contribution >= 0.6 is 0 Å². The summed E-state index contributed by atoms with van der Waals surface area (Å²) in [5.74, 6) is -0.0740. The van der Waals surface area contributed by atoms with E-state index >= 15 is 0 Å². The number of benzene rings is 1. The van der Waals surface area contributed by atoms with Gasteiger partial charge in [0.25, 0.3) is 11.8 Å². The van der Waals surface area contributed by atoms with E-state index in [1.807, 2.05) is 17.0 Å². The van der Waals surface area contributed by atoms with Crippen LogP contribution in [0.3, 0.4) is 0 Å². The molecule has 0 atom stereocenters. The average molecular weight is 323 g/mol. The van der Waals surface area contributed by atoms with Gasteiger partial charge in [0.1, 0.15) is 0 Å². The number of pyridine rings is 1. The third kappa shape index (κ3) is 3.98. The molecule has 0 unspecified atom stereocenters. The summed E-state index contributed by atoms with van der Waals surface area (Å²) >= 11 is 0. The molecule has 124 valence electrons. The molecular weight excluding hydrogens is 302 g/mol. The van der Waals surface area contributed by atoms with Crippen molar-refractivity contribution in [3.63, 3.8) is 0 Å². The summed E-state index contributed by atoms with van der Waals surface area (Å²) in [5.41, 5.74) is 2.30. The van der Waals surface area contributed by atoms with Gasteiger partial charge in [0.05, 0.1) is 0 Å². The van der Waals surface area contributed by atoms with Gasteiger partial charge in [-0.1, -0.05) is 6.07 Å². The molecule has 1 saturated heterocycles. The first-order valence-electron chi connectivity index (χ1n) is 8.30. The second kappa shape index (κ2) is 7.73. The van der Waals surface area contributed by atoms with E-state index in [4.69, 9.17) is 0 Å². The Morgan fingerprint density at radius 2 is 1.75 bits per heavy atom. The monoisotopic (exact) mass is 323 g/mol. The van der Waals surface area contributed by atoms with Crippen molar-refractivity contribution in [1.82, 2.24) is 15.2 Å². The summed E-state index contributed by atoms with van der Waals surface area (Å²) in [6, 6.07) is 10.8. The molecule has 1 aromatic carbocycles. The third-order valence-electron chi connectivity index (χ3n) is 4.21. The molecule has 0 spiro atoms. The lowest BCUT2D eigenvalue weighted by atomic mass is 10.1. The van der Waals surface area contributed by atoms with E-state index in [2.05, 4.69) is 10.3 Å². The number of rotatable bonds is 5. The van der Waals surface area contributed by atoms with Crippen molar-refractivity contribution in [1.29, 1.82) is 0 Å². The van der Waals surface area contributed by atoms with Gasteiger partial charge in [0, 0.05) is 43.2 Å². The molecule has 2 aromatic rings. The maximum Gasteiger partial charge on any atom is 0.253 e. The van der Waals surface area contributed by atoms with E-state index in [1.54, 1.807) is 36.7 Å². The molecule has 1 aromatic heterocycles. The van der Waals surface area contributed by atoms with Gasteiger partial charge >= 0.3 is 0 Å². The SMILES string of the molecule is O=C(NCCc1cccnc1)c1ccc(C(=O)N2CCCC2)cc1. The summed E-state index contributed by atoms with van der Waals surface area (Å²) in [4.78, 5) is 30.3. The smallest absolute Gasteiger partial charge is 0.253 e. The molecule has 1 aliphatic rings. The standard InChI is InChI=1S/C19H21N3O2/c23-18(21-11-9-15-4-3-10-20-14-15)16-5-7-17(8-6-16)19(24)22-12-1-2-13-22/h3-8,10,14H,1-2,9,11-13H2,(H,21,23). The van der Waals surface area contributed by atoms with Crippen LogP contribution in [0.2, 0.25) is 0 Å². The van der Waals surface area contributed by atoms with Crippen LogP contribution in [0.5, 0.6) is 0 Å². The highest BCUT2D eigenvalue weighted by atomic mass is 16.2. The molecular formula is C19H21N3O2. The van der Waals surface area contributed by atoms with Crippen molar-refractivity contribution in [2.24, 2.45) is 0 Å². The highest BCUT2D eigenvalue weighted by Crippen LogP contribution is 2.13. The maximum absolute atomic E-state index is 12.3. The number of carbonyl (C=O) groups is 2. The Morgan fingerprint density at radius 1 is 1.04 bits per heavy atom. The number of hydrogen-bond donors (Lipinski definition) is 1. The minimum Gasteiger partial charge on any atom is -0.352 e. The van der Waals surface area contributed by atoms with E-state index in [9.17, 15) is 9.59 Å². The molecule has 3 rings (SSSR count). The van der Waals surface area contributed by atoms with Gasteiger partial charge in [-0.3, -0.25) is 14.6 Å². The number of nitrogens with zero attached hydrogens (tertiary/aromatic N) is 2. The van der Waals surface area contributed by atoms with Crippen LogP contribution < -0.4 is 5.32 Å². The lowest BCUT2D eigenvalue weighted by Crippen LogP contribution is -2.28. The Kier molecular flexibility index (Phi) is 5.21. The van der Waals surface area contributed by atoms with E-state index in [1.165, 1.54) is 0 Å². The van der Waals surface area contributed by atoms with Gasteiger partial charge in [0.15, 0.2) is 0 Å². The summed E-state index contributed by atoms with van der Waals surface area (Å²) in [6.07, 6.45) is 6.41. The number of likely N-dealkylation sites (tertiary alicyclic amines) is 1. The van der Waals surface area contributed by atoms with Crippen molar-refractivity contribution in [3.8, 4) is 0 Å². The number of carbonyl (C=O) groups excluding carboxylic acids is 2. The molecule has 2 amide bonds. The molecule has 0 radical (unpaired) electrons. The fourth-order valence-electron chi connectivity index (χ4n) is 2.84. The van der Waals surface area contributed by atoms with Crippen LogP contribution in [0.15, 0.2) is 48.8 Å². The van der Waals surface area contributed by atoms with Gasteiger partial charge < -0.3 is 10.2 Å². The van der Waals surface area contributed by atoms with Crippen LogP contribution in [-0.2, 0) is 6.42 Å². The molecule has 5 heteroatoms. The first kappa shape index (κ1) is 16.2. The van der Waals surface area contributed by atoms with Crippen LogP contribution in [0.4, 0.5) is 0 Å². The van der Waals surface area contributed by atoms with E-state index in [-0.39, 0.29) is 11.8 Å². The largest absolute Gasteiger partial charge is 0.352 e. The maximum atomic E-state index is 12.3. The summed E-state index contributed by atoms with van der Waals surface area (Å²) in [5, 5.41) is 2.89. The minimum absolute atomic E-state index is 0.0519. The Balaban J connectivity index is 1.52. The number of nitrogens with one attached hydrogen (secondary N) is 1. The van der Waals surface area contributed by atoms with Gasteiger partial charge in [-0.05, 0) is 55.2 Å². The topological polar surface area (TPSA) is 62.3 Å². The first-order valence-corrected chi connectivity index (χ1v) is 8.30. The van der Waals surface area contributed by atoms with Crippen molar-refractivity contribution in [2.45, 2.75) is 19.3 Å². The van der Waals surface area contributed by atoms with Crippen molar-refractivity contribution in [2.75, 3.05) is 19.6 Å². The first-order chi connectivity index (χ1) is 11.7. The van der Waals surface area contributed by atoms with E-state index in [0.29, 0.717) is 17.7 Å². The van der Waals surface area contributed by atoms with Crippen LogP contribution in [0.1, 0.15) is 39.1 Å². The fourth-order valence-corrected chi connectivity index (χ4v) is 2.84. The molecule has 5 nitrogen and oxygen atoms in total. The van der Waals surface area contributed by atoms with E-state index in [0.717, 1.165) is 37.9 Å². The number of aromatic nitrogens is 1. The zero-order chi connectivity index (χ0) is 16.8. The van der Waals surface area contributed by atoms with Gasteiger partial charge in [-0.2, -0.15) is 0 Å². The van der Waals surface area contributed by atoms with Crippen LogP contribution in [-0.4, -0.2) is 41.3 Å². The normalized spacial score (nSPS) is 13.8. The van der Waals surface area contributed by atoms with Crippen LogP contribution in [0.25, 0.3) is 0 Å². The molecule has 1 fully saturated rings. The average Bonchev–Trinajstić information content (AvgIpc) is 3.17. The van der Waals surface area contributed by atoms with Gasteiger partial charge in [-0.15, -0.1) is 0 Å². The quantitative estimate of drug-likeness (QED) is 0.918. The molecule has 1 aliphatic heterocycles. The molecule has 1 N–H and O–H groups in total. The second-order valence-electron chi connectivity index (χ2n) is 5.94. The van der Waals surface area contributed by atoms with Crippen molar-refractivity contribution < 1.29 is 9.59 Å². The molecule has 0 bridgehead atoms. The van der Waals surface area contributed by atoms with Crippen LogP contribution in [0, 0.1) is 0 Å². The lowest BCUT2D eigenvalue weighted by Gasteiger charge is -2.15. The predicted molar refractivity (Wildman–Crippen MR) is 91.9 cm³/mol. The lowest BCUT2D eigenvalue weighted by molar-refractivity contribution is 0.0792. The fraction of sp³-hybridized carbons (Fsp3) is 0.316. The second-order valence-corrected chi connectivity index (χ2v) is 5.94.